The number of fused-ring (bicyclic) bond motifs is 11. The number of hydrogen-bond donors (Lipinski definition) is 0. The van der Waals surface area contributed by atoms with Gasteiger partial charge in [-0.25, -0.2) is 0 Å². The third-order valence-electron chi connectivity index (χ3n) is 11.4. The van der Waals surface area contributed by atoms with Crippen molar-refractivity contribution in [3.05, 3.63) is 200 Å². The molecule has 0 saturated heterocycles. The van der Waals surface area contributed by atoms with E-state index in [9.17, 15) is 0 Å². The largest absolute Gasteiger partial charge is 0.456 e. The summed E-state index contributed by atoms with van der Waals surface area (Å²) in [5.74, 6) is 0. The second-order valence-electron chi connectivity index (χ2n) is 14.7. The Morgan fingerprint density at radius 3 is 1.52 bits per heavy atom. The Morgan fingerprint density at radius 2 is 0.804 bits per heavy atom. The van der Waals surface area contributed by atoms with E-state index in [2.05, 4.69) is 214 Å². The van der Waals surface area contributed by atoms with Crippen molar-refractivity contribution < 1.29 is 4.42 Å². The fourth-order valence-electron chi connectivity index (χ4n) is 8.84. The summed E-state index contributed by atoms with van der Waals surface area (Å²) in [6, 6.07) is 72.5. The van der Waals surface area contributed by atoms with Gasteiger partial charge in [-0.1, -0.05) is 97.1 Å². The number of benzene rings is 9. The smallest absolute Gasteiger partial charge is 0.135 e. The lowest BCUT2D eigenvalue weighted by Gasteiger charge is -2.14. The van der Waals surface area contributed by atoms with Gasteiger partial charge in [0.1, 0.15) is 11.2 Å². The minimum absolute atomic E-state index is 0.862. The predicted octanol–water partition coefficient (Wildman–Crippen LogP) is 14.0. The first kappa shape index (κ1) is 30.9. The van der Waals surface area contributed by atoms with Crippen molar-refractivity contribution in [3.8, 4) is 17.1 Å². The van der Waals surface area contributed by atoms with E-state index in [-0.39, 0.29) is 0 Å². The van der Waals surface area contributed by atoms with Crippen LogP contribution in [0.2, 0.25) is 0 Å². The lowest BCUT2D eigenvalue weighted by atomic mass is 10.1. The van der Waals surface area contributed by atoms with Gasteiger partial charge in [-0.15, -0.1) is 0 Å². The van der Waals surface area contributed by atoms with E-state index in [1.54, 1.807) is 0 Å². The van der Waals surface area contributed by atoms with Crippen molar-refractivity contribution in [1.29, 1.82) is 0 Å². The van der Waals surface area contributed by atoms with Crippen LogP contribution < -0.4 is 0 Å². The van der Waals surface area contributed by atoms with E-state index >= 15 is 0 Å². The van der Waals surface area contributed by atoms with Crippen LogP contribution in [-0.4, -0.2) is 13.7 Å². The fourth-order valence-corrected chi connectivity index (χ4v) is 8.84. The van der Waals surface area contributed by atoms with Gasteiger partial charge in [0, 0.05) is 60.7 Å². The van der Waals surface area contributed by atoms with Crippen LogP contribution in [0.1, 0.15) is 0 Å². The molecular weight excluding hydrogens is 683 g/mol. The molecular formula is C52H33N3O. The van der Waals surface area contributed by atoms with E-state index in [1.807, 2.05) is 0 Å². The molecule has 262 valence electrons. The normalized spacial score (nSPS) is 11.9. The van der Waals surface area contributed by atoms with E-state index in [0.717, 1.165) is 77.4 Å². The Kier molecular flexibility index (Phi) is 6.60. The van der Waals surface area contributed by atoms with E-state index in [1.165, 1.54) is 27.1 Å². The average molecular weight is 716 g/mol. The van der Waals surface area contributed by atoms with Gasteiger partial charge in [0.05, 0.1) is 11.0 Å². The second-order valence-corrected chi connectivity index (χ2v) is 14.7. The maximum atomic E-state index is 6.53. The summed E-state index contributed by atoms with van der Waals surface area (Å²) in [5, 5.41) is 9.32. The molecule has 0 aliphatic rings. The molecule has 3 aromatic heterocycles. The predicted molar refractivity (Wildman–Crippen MR) is 234 cm³/mol. The van der Waals surface area contributed by atoms with Crippen LogP contribution in [0.3, 0.4) is 0 Å². The Morgan fingerprint density at radius 1 is 0.268 bits per heavy atom. The van der Waals surface area contributed by atoms with Gasteiger partial charge in [0.2, 0.25) is 0 Å². The molecule has 0 spiro atoms. The topological polar surface area (TPSA) is 27.9 Å². The first-order valence-electron chi connectivity index (χ1n) is 19.1. The Bertz CT molecular complexity index is 3600. The SMILES string of the molecule is c1ccc(-n2c3ccccc3c3ccc(-n4c5cccc(c5)c5cccc(c5)n(-c5ccc6ccccc6c5)c5ccc6oc7ccc4cc7c6c5)cc32)cc1. The third kappa shape index (κ3) is 4.73. The molecule has 12 rings (SSSR count). The molecule has 0 aliphatic carbocycles. The highest BCUT2D eigenvalue weighted by Gasteiger charge is 2.15. The quantitative estimate of drug-likeness (QED) is 0.179. The minimum Gasteiger partial charge on any atom is -0.456 e. The molecule has 9 aromatic carbocycles. The van der Waals surface area contributed by atoms with Gasteiger partial charge in [0.15, 0.2) is 0 Å². The summed E-state index contributed by atoms with van der Waals surface area (Å²) in [6.07, 6.45) is 0. The molecule has 0 saturated carbocycles. The lowest BCUT2D eigenvalue weighted by Crippen LogP contribution is -1.99. The van der Waals surface area contributed by atoms with Crippen LogP contribution in [0.15, 0.2) is 205 Å². The third-order valence-corrected chi connectivity index (χ3v) is 11.4. The van der Waals surface area contributed by atoms with E-state index in [0.29, 0.717) is 0 Å². The molecule has 0 unspecified atom stereocenters. The molecule has 8 bridgehead atoms. The average Bonchev–Trinajstić information content (AvgIpc) is 3.79. The highest BCUT2D eigenvalue weighted by atomic mass is 16.3. The highest BCUT2D eigenvalue weighted by Crippen LogP contribution is 2.36. The highest BCUT2D eigenvalue weighted by molar-refractivity contribution is 6.10. The van der Waals surface area contributed by atoms with Crippen LogP contribution in [0, 0.1) is 0 Å². The molecule has 0 N–H and O–H groups in total. The number of rotatable bonds is 3. The molecule has 3 heterocycles. The zero-order chi connectivity index (χ0) is 36.7. The molecule has 0 radical (unpaired) electrons. The summed E-state index contributed by atoms with van der Waals surface area (Å²) in [5.41, 5.74) is 11.7. The minimum atomic E-state index is 0.862. The number of hydrogen-bond acceptors (Lipinski definition) is 1. The van der Waals surface area contributed by atoms with Gasteiger partial charge in [-0.3, -0.25) is 0 Å². The summed E-state index contributed by atoms with van der Waals surface area (Å²) in [6.45, 7) is 0. The summed E-state index contributed by atoms with van der Waals surface area (Å²) in [7, 11) is 0. The number of para-hydroxylation sites is 2. The number of aromatic nitrogens is 3. The van der Waals surface area contributed by atoms with Crippen molar-refractivity contribution in [2.24, 2.45) is 0 Å². The van der Waals surface area contributed by atoms with Gasteiger partial charge in [-0.2, -0.15) is 0 Å². The monoisotopic (exact) mass is 715 g/mol. The zero-order valence-corrected chi connectivity index (χ0v) is 30.3. The molecule has 0 atom stereocenters. The second kappa shape index (κ2) is 12.0. The van der Waals surface area contributed by atoms with E-state index < -0.39 is 0 Å². The lowest BCUT2D eigenvalue weighted by molar-refractivity contribution is 0.669. The number of nitrogens with zero attached hydrogens (tertiary/aromatic N) is 3. The molecule has 0 fully saturated rings. The van der Waals surface area contributed by atoms with Crippen LogP contribution >= 0.6 is 0 Å². The fraction of sp³-hybridized carbons (Fsp3) is 0. The van der Waals surface area contributed by atoms with Crippen LogP contribution in [0.25, 0.3) is 104 Å². The first-order valence-corrected chi connectivity index (χ1v) is 19.1. The van der Waals surface area contributed by atoms with Crippen molar-refractivity contribution in [3.63, 3.8) is 0 Å². The molecule has 56 heavy (non-hydrogen) atoms. The van der Waals surface area contributed by atoms with Gasteiger partial charge in [-0.05, 0) is 125 Å². The van der Waals surface area contributed by atoms with Crippen molar-refractivity contribution in [1.82, 2.24) is 13.7 Å². The summed E-state index contributed by atoms with van der Waals surface area (Å²) >= 11 is 0. The van der Waals surface area contributed by atoms with Crippen LogP contribution in [0.5, 0.6) is 0 Å². The van der Waals surface area contributed by atoms with Crippen molar-refractivity contribution in [2.75, 3.05) is 0 Å². The maximum Gasteiger partial charge on any atom is 0.135 e. The number of furan rings is 1. The van der Waals surface area contributed by atoms with Crippen LogP contribution in [0.4, 0.5) is 0 Å². The van der Waals surface area contributed by atoms with Gasteiger partial charge in [0.25, 0.3) is 0 Å². The zero-order valence-electron chi connectivity index (χ0n) is 30.3. The molecule has 0 aliphatic heterocycles. The van der Waals surface area contributed by atoms with Gasteiger partial charge >= 0.3 is 0 Å². The Balaban J connectivity index is 1.21. The maximum absolute atomic E-state index is 6.53. The van der Waals surface area contributed by atoms with Crippen LogP contribution in [-0.2, 0) is 0 Å². The molecule has 4 heteroatoms. The van der Waals surface area contributed by atoms with Crippen molar-refractivity contribution >= 4 is 87.4 Å². The van der Waals surface area contributed by atoms with E-state index in [4.69, 9.17) is 4.42 Å². The first-order chi connectivity index (χ1) is 27.7. The summed E-state index contributed by atoms with van der Waals surface area (Å²) in [4.78, 5) is 0. The standard InChI is InChI=1S/C52H33N3O/c1-2-14-38(15-3-1)55-49-19-7-6-18-45(49)46-25-22-44(33-50(46)55)54-40-17-9-13-37(30-40)36-12-8-16-39(29-36)53(41-21-20-34-10-4-5-11-35(34)28-41)42-23-26-51-47(31-42)48-32-43(54)24-27-52(48)56-51/h1-33H. The molecule has 12 aromatic rings. The Labute approximate surface area is 321 Å². The molecule has 4 nitrogen and oxygen atoms in total. The summed E-state index contributed by atoms with van der Waals surface area (Å²) < 4.78 is 13.7. The Hall–Kier alpha value is -7.56. The van der Waals surface area contributed by atoms with Gasteiger partial charge < -0.3 is 18.1 Å². The molecule has 0 amide bonds. The van der Waals surface area contributed by atoms with Crippen molar-refractivity contribution in [2.45, 2.75) is 0 Å².